The van der Waals surface area contributed by atoms with Crippen molar-refractivity contribution in [2.24, 2.45) is 5.92 Å². The van der Waals surface area contributed by atoms with Gasteiger partial charge >= 0.3 is 0 Å². The Balaban J connectivity index is 1.88. The van der Waals surface area contributed by atoms with Gasteiger partial charge in [-0.25, -0.2) is 4.98 Å². The zero-order valence-electron chi connectivity index (χ0n) is 14.4. The van der Waals surface area contributed by atoms with E-state index in [-0.39, 0.29) is 18.0 Å². The molecule has 0 spiro atoms. The van der Waals surface area contributed by atoms with E-state index in [0.29, 0.717) is 16.8 Å². The van der Waals surface area contributed by atoms with Crippen LogP contribution >= 0.6 is 11.6 Å². The number of carbonyl (C=O) groups excluding carboxylic acids is 1. The maximum atomic E-state index is 12.4. The molecule has 7 heteroatoms. The highest BCUT2D eigenvalue weighted by atomic mass is 35.5. The molecule has 1 aromatic heterocycles. The van der Waals surface area contributed by atoms with Crippen molar-refractivity contribution in [3.63, 3.8) is 0 Å². The fourth-order valence-corrected chi connectivity index (χ4v) is 3.01. The predicted molar refractivity (Wildman–Crippen MR) is 94.7 cm³/mol. The summed E-state index contributed by atoms with van der Waals surface area (Å²) in [5.41, 5.74) is 0. The standard InChI is InChI=1S/C17H24ClN5O/c1-12(2)15(10-19)23-8-6-22(7-9-23)13(3)17(24)21-16-5-4-14(18)11-20-16/h4-5,11-13,15H,6-9H2,1-3H3,(H,20,21,24). The van der Waals surface area contributed by atoms with E-state index in [4.69, 9.17) is 11.6 Å². The number of amides is 1. The maximum Gasteiger partial charge on any atom is 0.242 e. The van der Waals surface area contributed by atoms with Gasteiger partial charge in [-0.1, -0.05) is 25.4 Å². The second-order valence-electron chi connectivity index (χ2n) is 6.42. The molecule has 1 amide bonds. The van der Waals surface area contributed by atoms with Gasteiger partial charge in [0.25, 0.3) is 0 Å². The van der Waals surface area contributed by atoms with Crippen LogP contribution in [0.25, 0.3) is 0 Å². The van der Waals surface area contributed by atoms with Crippen LogP contribution in [0.1, 0.15) is 20.8 Å². The molecular weight excluding hydrogens is 326 g/mol. The number of aromatic nitrogens is 1. The number of piperazine rings is 1. The third-order valence-corrected chi connectivity index (χ3v) is 4.64. The lowest BCUT2D eigenvalue weighted by Gasteiger charge is -2.40. The summed E-state index contributed by atoms with van der Waals surface area (Å²) in [6.45, 7) is 9.16. The second kappa shape index (κ2) is 8.43. The number of nitriles is 1. The monoisotopic (exact) mass is 349 g/mol. The smallest absolute Gasteiger partial charge is 0.242 e. The first-order valence-corrected chi connectivity index (χ1v) is 8.60. The minimum atomic E-state index is -0.246. The third-order valence-electron chi connectivity index (χ3n) is 4.41. The van der Waals surface area contributed by atoms with Crippen LogP contribution in [0.5, 0.6) is 0 Å². The highest BCUT2D eigenvalue weighted by molar-refractivity contribution is 6.30. The highest BCUT2D eigenvalue weighted by Gasteiger charge is 2.29. The molecule has 2 unspecified atom stereocenters. The van der Waals surface area contributed by atoms with Crippen molar-refractivity contribution in [1.29, 1.82) is 5.26 Å². The number of nitrogens with zero attached hydrogens (tertiary/aromatic N) is 4. The Morgan fingerprint density at radius 1 is 1.25 bits per heavy atom. The Bertz CT molecular complexity index is 590. The molecule has 0 aliphatic carbocycles. The molecule has 2 atom stereocenters. The fraction of sp³-hybridized carbons (Fsp3) is 0.588. The number of halogens is 1. The van der Waals surface area contributed by atoms with E-state index in [0.717, 1.165) is 26.2 Å². The Morgan fingerprint density at radius 3 is 2.38 bits per heavy atom. The average molecular weight is 350 g/mol. The molecule has 0 bridgehead atoms. The Labute approximate surface area is 148 Å². The molecule has 1 aliphatic heterocycles. The largest absolute Gasteiger partial charge is 0.309 e. The lowest BCUT2D eigenvalue weighted by molar-refractivity contribution is -0.121. The zero-order chi connectivity index (χ0) is 17.7. The van der Waals surface area contributed by atoms with Gasteiger partial charge in [0, 0.05) is 32.4 Å². The van der Waals surface area contributed by atoms with Crippen LogP contribution in [0.4, 0.5) is 5.82 Å². The summed E-state index contributed by atoms with van der Waals surface area (Å²) in [5, 5.41) is 12.7. The van der Waals surface area contributed by atoms with E-state index < -0.39 is 0 Å². The second-order valence-corrected chi connectivity index (χ2v) is 6.85. The van der Waals surface area contributed by atoms with Crippen molar-refractivity contribution in [2.45, 2.75) is 32.9 Å². The van der Waals surface area contributed by atoms with E-state index in [2.05, 4.69) is 40.0 Å². The Hall–Kier alpha value is -1.68. The van der Waals surface area contributed by atoms with Crippen LogP contribution in [-0.2, 0) is 4.79 Å². The first-order chi connectivity index (χ1) is 11.4. The van der Waals surface area contributed by atoms with Gasteiger partial charge in [-0.05, 0) is 25.0 Å². The van der Waals surface area contributed by atoms with Crippen molar-refractivity contribution < 1.29 is 4.79 Å². The first kappa shape index (κ1) is 18.7. The van der Waals surface area contributed by atoms with Crippen molar-refractivity contribution in [1.82, 2.24) is 14.8 Å². The van der Waals surface area contributed by atoms with Crippen LogP contribution in [0.3, 0.4) is 0 Å². The van der Waals surface area contributed by atoms with E-state index in [1.165, 1.54) is 6.20 Å². The SMILES string of the molecule is CC(C)C(C#N)N1CCN(C(C)C(=O)Nc2ccc(Cl)cn2)CC1. The molecule has 2 heterocycles. The lowest BCUT2D eigenvalue weighted by atomic mass is 10.0. The Morgan fingerprint density at radius 2 is 1.88 bits per heavy atom. The van der Waals surface area contributed by atoms with Gasteiger partial charge in [-0.3, -0.25) is 14.6 Å². The zero-order valence-corrected chi connectivity index (χ0v) is 15.1. The number of carbonyl (C=O) groups is 1. The molecule has 1 saturated heterocycles. The van der Waals surface area contributed by atoms with E-state index in [1.807, 2.05) is 6.92 Å². The molecule has 1 aliphatic rings. The quantitative estimate of drug-likeness (QED) is 0.882. The van der Waals surface area contributed by atoms with Crippen molar-refractivity contribution in [2.75, 3.05) is 31.5 Å². The van der Waals surface area contributed by atoms with Gasteiger partial charge in [0.15, 0.2) is 0 Å². The Kier molecular flexibility index (Phi) is 6.55. The molecule has 6 nitrogen and oxygen atoms in total. The molecule has 130 valence electrons. The van der Waals surface area contributed by atoms with E-state index in [9.17, 15) is 10.1 Å². The molecule has 2 rings (SSSR count). The number of pyridine rings is 1. The summed E-state index contributed by atoms with van der Waals surface area (Å²) in [5.74, 6) is 0.719. The summed E-state index contributed by atoms with van der Waals surface area (Å²) >= 11 is 5.79. The lowest BCUT2D eigenvalue weighted by Crippen LogP contribution is -2.55. The molecule has 0 aromatic carbocycles. The number of nitrogens with one attached hydrogen (secondary N) is 1. The van der Waals surface area contributed by atoms with E-state index >= 15 is 0 Å². The summed E-state index contributed by atoms with van der Waals surface area (Å²) in [6, 6.07) is 5.46. The van der Waals surface area contributed by atoms with Crippen molar-refractivity contribution in [3.8, 4) is 6.07 Å². The summed E-state index contributed by atoms with van der Waals surface area (Å²) in [7, 11) is 0. The van der Waals surface area contributed by atoms with Gasteiger partial charge in [-0.15, -0.1) is 0 Å². The van der Waals surface area contributed by atoms with Gasteiger partial charge in [0.1, 0.15) is 11.9 Å². The summed E-state index contributed by atoms with van der Waals surface area (Å²) < 4.78 is 0. The fourth-order valence-electron chi connectivity index (χ4n) is 2.90. The van der Waals surface area contributed by atoms with Gasteiger partial charge in [0.2, 0.25) is 5.91 Å². The molecule has 0 saturated carbocycles. The van der Waals surface area contributed by atoms with E-state index in [1.54, 1.807) is 12.1 Å². The van der Waals surface area contributed by atoms with Crippen molar-refractivity contribution >= 4 is 23.3 Å². The van der Waals surface area contributed by atoms with Crippen LogP contribution < -0.4 is 5.32 Å². The molecular formula is C17H24ClN5O. The van der Waals surface area contributed by atoms with Gasteiger partial charge in [-0.2, -0.15) is 5.26 Å². The number of rotatable bonds is 5. The number of hydrogen-bond donors (Lipinski definition) is 1. The summed E-state index contributed by atoms with van der Waals surface area (Å²) in [4.78, 5) is 20.8. The minimum Gasteiger partial charge on any atom is -0.309 e. The van der Waals surface area contributed by atoms with Crippen LogP contribution in [0, 0.1) is 17.2 Å². The third kappa shape index (κ3) is 4.67. The first-order valence-electron chi connectivity index (χ1n) is 8.22. The molecule has 1 N–H and O–H groups in total. The number of anilines is 1. The average Bonchev–Trinajstić information content (AvgIpc) is 2.57. The van der Waals surface area contributed by atoms with Gasteiger partial charge < -0.3 is 5.32 Å². The topological polar surface area (TPSA) is 72.3 Å². The molecule has 24 heavy (non-hydrogen) atoms. The molecule has 1 aromatic rings. The predicted octanol–water partition coefficient (Wildman–Crippen LogP) is 2.23. The van der Waals surface area contributed by atoms with Crippen LogP contribution in [0.2, 0.25) is 5.02 Å². The number of hydrogen-bond acceptors (Lipinski definition) is 5. The highest BCUT2D eigenvalue weighted by Crippen LogP contribution is 2.16. The van der Waals surface area contributed by atoms with Crippen LogP contribution in [0.15, 0.2) is 18.3 Å². The minimum absolute atomic E-state index is 0.0606. The molecule has 1 fully saturated rings. The normalized spacial score (nSPS) is 18.8. The molecule has 0 radical (unpaired) electrons. The van der Waals surface area contributed by atoms with Gasteiger partial charge in [0.05, 0.1) is 17.1 Å². The maximum absolute atomic E-state index is 12.4. The summed E-state index contributed by atoms with van der Waals surface area (Å²) in [6.07, 6.45) is 1.51. The van der Waals surface area contributed by atoms with Crippen LogP contribution in [-0.4, -0.2) is 59.0 Å². The van der Waals surface area contributed by atoms with Crippen molar-refractivity contribution in [3.05, 3.63) is 23.4 Å².